The molecular formula is C20H26N3O7+. The molecule has 10 heteroatoms. The second kappa shape index (κ2) is 10.6. The maximum atomic E-state index is 12.3. The molecule has 0 spiro atoms. The van der Waals surface area contributed by atoms with Crippen molar-refractivity contribution in [2.45, 2.75) is 6.54 Å². The summed E-state index contributed by atoms with van der Waals surface area (Å²) in [4.78, 5) is 39.1. The minimum atomic E-state index is -0.345. The first kappa shape index (κ1) is 21.6. The SMILES string of the molecule is COCCNC(=O)COc1coc(C[NH+]2CCN(C(=O)c3ccco3)CC2)cc1=O. The van der Waals surface area contributed by atoms with Gasteiger partial charge in [-0.3, -0.25) is 14.4 Å². The van der Waals surface area contributed by atoms with E-state index in [-0.39, 0.29) is 29.6 Å². The fraction of sp³-hybridized carbons (Fsp3) is 0.450. The Hall–Kier alpha value is -3.11. The van der Waals surface area contributed by atoms with Gasteiger partial charge in [0, 0.05) is 19.7 Å². The van der Waals surface area contributed by atoms with Crippen LogP contribution in [0.25, 0.3) is 0 Å². The molecule has 1 fully saturated rings. The lowest BCUT2D eigenvalue weighted by Crippen LogP contribution is -3.13. The maximum Gasteiger partial charge on any atom is 0.289 e. The molecule has 2 aromatic rings. The zero-order valence-corrected chi connectivity index (χ0v) is 16.8. The molecule has 0 aromatic carbocycles. The first-order chi connectivity index (χ1) is 14.6. The zero-order valence-electron chi connectivity index (χ0n) is 16.8. The van der Waals surface area contributed by atoms with Crippen LogP contribution in [0.2, 0.25) is 0 Å². The number of ether oxygens (including phenoxy) is 2. The van der Waals surface area contributed by atoms with Crippen LogP contribution in [0.15, 0.2) is 44.4 Å². The number of furan rings is 1. The van der Waals surface area contributed by atoms with Gasteiger partial charge in [0.1, 0.15) is 12.8 Å². The number of hydrogen-bond donors (Lipinski definition) is 2. The molecule has 2 N–H and O–H groups in total. The third kappa shape index (κ3) is 5.94. The Kier molecular flexibility index (Phi) is 7.63. The van der Waals surface area contributed by atoms with E-state index in [0.717, 1.165) is 13.1 Å². The Labute approximate surface area is 173 Å². The van der Waals surface area contributed by atoms with Crippen LogP contribution in [-0.4, -0.2) is 69.8 Å². The van der Waals surface area contributed by atoms with E-state index < -0.39 is 0 Å². The van der Waals surface area contributed by atoms with Gasteiger partial charge in [-0.2, -0.15) is 0 Å². The van der Waals surface area contributed by atoms with Crippen LogP contribution in [0.4, 0.5) is 0 Å². The second-order valence-electron chi connectivity index (χ2n) is 6.90. The quantitative estimate of drug-likeness (QED) is 0.496. The standard InChI is InChI=1S/C20H25N3O7/c1-27-10-4-21-19(25)14-30-18-13-29-15(11-16(18)24)12-22-5-7-23(8-6-22)20(26)17-3-2-9-28-17/h2-3,9,11,13H,4-8,10,12,14H2,1H3,(H,21,25)/p+1. The van der Waals surface area contributed by atoms with Crippen molar-refractivity contribution in [2.75, 3.05) is 53.0 Å². The van der Waals surface area contributed by atoms with E-state index >= 15 is 0 Å². The van der Waals surface area contributed by atoms with Gasteiger partial charge >= 0.3 is 0 Å². The Morgan fingerprint density at radius 2 is 2.07 bits per heavy atom. The minimum Gasteiger partial charge on any atom is -0.477 e. The maximum absolute atomic E-state index is 12.3. The summed E-state index contributed by atoms with van der Waals surface area (Å²) in [6, 6.07) is 4.73. The molecule has 0 saturated carbocycles. The van der Waals surface area contributed by atoms with Gasteiger partial charge in [0.25, 0.3) is 11.8 Å². The molecule has 1 saturated heterocycles. The highest BCUT2D eigenvalue weighted by atomic mass is 16.5. The van der Waals surface area contributed by atoms with Crippen molar-refractivity contribution in [2.24, 2.45) is 0 Å². The summed E-state index contributed by atoms with van der Waals surface area (Å²) < 4.78 is 20.7. The van der Waals surface area contributed by atoms with Gasteiger partial charge in [-0.1, -0.05) is 0 Å². The van der Waals surface area contributed by atoms with Gasteiger partial charge in [0.15, 0.2) is 18.1 Å². The summed E-state index contributed by atoms with van der Waals surface area (Å²) in [6.07, 6.45) is 2.72. The summed E-state index contributed by atoms with van der Waals surface area (Å²) in [6.45, 7) is 3.68. The third-order valence-corrected chi connectivity index (χ3v) is 4.75. The predicted octanol–water partition coefficient (Wildman–Crippen LogP) is -1.08. The highest BCUT2D eigenvalue weighted by Gasteiger charge is 2.26. The van der Waals surface area contributed by atoms with Crippen LogP contribution in [-0.2, 0) is 16.1 Å². The lowest BCUT2D eigenvalue weighted by Gasteiger charge is -2.31. The molecule has 2 amide bonds. The number of piperazine rings is 1. The smallest absolute Gasteiger partial charge is 0.289 e. The predicted molar refractivity (Wildman–Crippen MR) is 104 cm³/mol. The number of methoxy groups -OCH3 is 1. The molecule has 0 aliphatic carbocycles. The van der Waals surface area contributed by atoms with Gasteiger partial charge in [-0.25, -0.2) is 0 Å². The van der Waals surface area contributed by atoms with E-state index in [1.54, 1.807) is 17.0 Å². The van der Waals surface area contributed by atoms with E-state index in [2.05, 4.69) is 5.32 Å². The van der Waals surface area contributed by atoms with E-state index in [1.807, 2.05) is 0 Å². The molecule has 1 aliphatic heterocycles. The van der Waals surface area contributed by atoms with Crippen molar-refractivity contribution < 1.29 is 32.8 Å². The van der Waals surface area contributed by atoms with Gasteiger partial charge < -0.3 is 33.4 Å². The molecule has 30 heavy (non-hydrogen) atoms. The summed E-state index contributed by atoms with van der Waals surface area (Å²) in [5.41, 5.74) is -0.341. The Morgan fingerprint density at radius 3 is 2.73 bits per heavy atom. The Balaban J connectivity index is 1.45. The number of nitrogens with one attached hydrogen (secondary N) is 2. The molecule has 162 valence electrons. The number of nitrogens with zero attached hydrogens (tertiary/aromatic N) is 1. The van der Waals surface area contributed by atoms with Crippen molar-refractivity contribution in [3.63, 3.8) is 0 Å². The Bertz CT molecular complexity index is 886. The summed E-state index contributed by atoms with van der Waals surface area (Å²) in [5.74, 6) is 0.398. The molecule has 0 atom stereocenters. The average molecular weight is 420 g/mol. The highest BCUT2D eigenvalue weighted by molar-refractivity contribution is 5.91. The largest absolute Gasteiger partial charge is 0.477 e. The number of carbonyl (C=O) groups excluding carboxylic acids is 2. The normalized spacial score (nSPS) is 14.5. The number of rotatable bonds is 9. The van der Waals surface area contributed by atoms with Crippen molar-refractivity contribution in [3.05, 3.63) is 52.5 Å². The monoisotopic (exact) mass is 420 g/mol. The first-order valence-corrected chi connectivity index (χ1v) is 9.73. The molecule has 0 bridgehead atoms. The van der Waals surface area contributed by atoms with Crippen LogP contribution < -0.4 is 20.4 Å². The van der Waals surface area contributed by atoms with Crippen LogP contribution in [0, 0.1) is 0 Å². The molecule has 2 aromatic heterocycles. The molecule has 10 nitrogen and oxygen atoms in total. The molecule has 1 aliphatic rings. The fourth-order valence-electron chi connectivity index (χ4n) is 3.13. The summed E-state index contributed by atoms with van der Waals surface area (Å²) >= 11 is 0. The molecule has 0 unspecified atom stereocenters. The first-order valence-electron chi connectivity index (χ1n) is 9.73. The van der Waals surface area contributed by atoms with E-state index in [1.165, 1.54) is 30.6 Å². The van der Waals surface area contributed by atoms with E-state index in [0.29, 0.717) is 44.3 Å². The molecular weight excluding hydrogens is 394 g/mol. The second-order valence-corrected chi connectivity index (χ2v) is 6.90. The van der Waals surface area contributed by atoms with Gasteiger partial charge in [0.05, 0.1) is 39.0 Å². The molecule has 3 heterocycles. The van der Waals surface area contributed by atoms with Crippen molar-refractivity contribution in [1.82, 2.24) is 10.2 Å². The van der Waals surface area contributed by atoms with Gasteiger partial charge in [0.2, 0.25) is 11.2 Å². The lowest BCUT2D eigenvalue weighted by molar-refractivity contribution is -0.918. The van der Waals surface area contributed by atoms with Crippen LogP contribution >= 0.6 is 0 Å². The molecule has 0 radical (unpaired) electrons. The van der Waals surface area contributed by atoms with E-state index in [9.17, 15) is 14.4 Å². The topological polar surface area (TPSA) is 116 Å². The van der Waals surface area contributed by atoms with Crippen LogP contribution in [0.1, 0.15) is 16.3 Å². The number of quaternary nitrogens is 1. The van der Waals surface area contributed by atoms with Gasteiger partial charge in [-0.15, -0.1) is 0 Å². The number of hydrogen-bond acceptors (Lipinski definition) is 7. The summed E-state index contributed by atoms with van der Waals surface area (Å²) in [5, 5.41) is 2.60. The van der Waals surface area contributed by atoms with Gasteiger partial charge in [-0.05, 0) is 12.1 Å². The van der Waals surface area contributed by atoms with Crippen LogP contribution in [0.5, 0.6) is 5.75 Å². The van der Waals surface area contributed by atoms with Crippen molar-refractivity contribution in [3.8, 4) is 5.75 Å². The summed E-state index contributed by atoms with van der Waals surface area (Å²) in [7, 11) is 1.54. The average Bonchev–Trinajstić information content (AvgIpc) is 3.28. The molecule has 3 rings (SSSR count). The van der Waals surface area contributed by atoms with Crippen LogP contribution in [0.3, 0.4) is 0 Å². The fourth-order valence-corrected chi connectivity index (χ4v) is 3.13. The zero-order chi connectivity index (χ0) is 21.3. The highest BCUT2D eigenvalue weighted by Crippen LogP contribution is 2.07. The lowest BCUT2D eigenvalue weighted by atomic mass is 10.2. The number of carbonyl (C=O) groups is 2. The van der Waals surface area contributed by atoms with Crippen molar-refractivity contribution >= 4 is 11.8 Å². The minimum absolute atomic E-state index is 0.00972. The van der Waals surface area contributed by atoms with Crippen molar-refractivity contribution in [1.29, 1.82) is 0 Å². The van der Waals surface area contributed by atoms with E-state index in [4.69, 9.17) is 18.3 Å². The third-order valence-electron chi connectivity index (χ3n) is 4.75. The number of amides is 2. The Morgan fingerprint density at radius 1 is 1.27 bits per heavy atom.